The summed E-state index contributed by atoms with van der Waals surface area (Å²) < 4.78 is 61.5. The number of carbonyl (C=O) groups excluding carboxylic acids is 4. The first kappa shape index (κ1) is 40.3. The van der Waals surface area contributed by atoms with Crippen LogP contribution in [-0.4, -0.2) is 71.0 Å². The summed E-state index contributed by atoms with van der Waals surface area (Å²) in [6.07, 6.45) is -2.48. The summed E-state index contributed by atoms with van der Waals surface area (Å²) in [6, 6.07) is 17.0. The van der Waals surface area contributed by atoms with Gasteiger partial charge < -0.3 is 30.7 Å². The SMILES string of the molecule is COC(=O)[C@H](CCNC(=O)C(=O)CCCc1ccc(F)cc1)NC(=O)c1ccc(Nc2nc(NC3(c4ccc(Cl)cc4)CC3)nc(OCC(F)(F)F)n2)cc1. The molecule has 1 fully saturated rings. The largest absolute Gasteiger partial charge is 0.467 e. The van der Waals surface area contributed by atoms with Crippen molar-refractivity contribution < 1.29 is 46.2 Å². The van der Waals surface area contributed by atoms with Crippen LogP contribution in [0.3, 0.4) is 0 Å². The number of amides is 2. The van der Waals surface area contributed by atoms with Gasteiger partial charge in [0.15, 0.2) is 6.61 Å². The Balaban J connectivity index is 1.17. The zero-order valence-corrected chi connectivity index (χ0v) is 30.1. The van der Waals surface area contributed by atoms with Gasteiger partial charge in [-0.1, -0.05) is 35.9 Å². The van der Waals surface area contributed by atoms with Gasteiger partial charge in [0, 0.05) is 29.2 Å². The van der Waals surface area contributed by atoms with Crippen molar-refractivity contribution in [1.29, 1.82) is 0 Å². The van der Waals surface area contributed by atoms with Crippen molar-refractivity contribution in [2.24, 2.45) is 0 Å². The fourth-order valence-corrected chi connectivity index (χ4v) is 5.51. The lowest BCUT2D eigenvalue weighted by atomic mass is 10.1. The fraction of sp³-hybridized carbons (Fsp3) is 0.324. The summed E-state index contributed by atoms with van der Waals surface area (Å²) >= 11 is 6.03. The lowest BCUT2D eigenvalue weighted by molar-refractivity contribution is -0.154. The van der Waals surface area contributed by atoms with Crippen LogP contribution < -0.4 is 26.0 Å². The Bertz CT molecular complexity index is 1980. The molecule has 5 rings (SSSR count). The summed E-state index contributed by atoms with van der Waals surface area (Å²) in [5.74, 6) is -3.48. The molecule has 0 aliphatic heterocycles. The molecule has 290 valence electrons. The number of aryl methyl sites for hydroxylation is 1. The molecule has 4 N–H and O–H groups in total. The molecule has 13 nitrogen and oxygen atoms in total. The van der Waals surface area contributed by atoms with Crippen LogP contribution in [0, 0.1) is 5.82 Å². The maximum Gasteiger partial charge on any atom is 0.422 e. The maximum absolute atomic E-state index is 13.1. The molecule has 1 atom stereocenters. The summed E-state index contributed by atoms with van der Waals surface area (Å²) in [5.41, 5.74) is 1.64. The number of carbonyl (C=O) groups is 4. The van der Waals surface area contributed by atoms with Crippen LogP contribution >= 0.6 is 11.6 Å². The highest BCUT2D eigenvalue weighted by Crippen LogP contribution is 2.48. The Hall–Kier alpha value is -5.84. The molecule has 1 aliphatic carbocycles. The summed E-state index contributed by atoms with van der Waals surface area (Å²) in [5, 5.41) is 11.6. The highest BCUT2D eigenvalue weighted by molar-refractivity contribution is 6.36. The van der Waals surface area contributed by atoms with Gasteiger partial charge in [0.05, 0.1) is 12.6 Å². The number of nitrogens with zero attached hydrogens (tertiary/aromatic N) is 3. The number of methoxy groups -OCH3 is 1. The van der Waals surface area contributed by atoms with Crippen molar-refractivity contribution in [3.8, 4) is 6.01 Å². The van der Waals surface area contributed by atoms with Crippen molar-refractivity contribution in [3.63, 3.8) is 0 Å². The molecule has 18 heteroatoms. The van der Waals surface area contributed by atoms with E-state index in [2.05, 4.69) is 36.2 Å². The second kappa shape index (κ2) is 18.0. The number of hydrogen-bond donors (Lipinski definition) is 4. The minimum Gasteiger partial charge on any atom is -0.467 e. The van der Waals surface area contributed by atoms with Gasteiger partial charge in [0.25, 0.3) is 11.8 Å². The van der Waals surface area contributed by atoms with Crippen molar-refractivity contribution >= 4 is 52.8 Å². The number of anilines is 3. The lowest BCUT2D eigenvalue weighted by Gasteiger charge is -2.19. The summed E-state index contributed by atoms with van der Waals surface area (Å²) in [4.78, 5) is 62.4. The number of ether oxygens (including phenoxy) is 2. The minimum atomic E-state index is -4.64. The fourth-order valence-electron chi connectivity index (χ4n) is 5.39. The molecule has 0 saturated heterocycles. The Morgan fingerprint density at radius 2 is 1.58 bits per heavy atom. The third kappa shape index (κ3) is 12.1. The van der Waals surface area contributed by atoms with Crippen LogP contribution in [0.25, 0.3) is 0 Å². The normalized spacial score (nSPS) is 13.6. The van der Waals surface area contributed by atoms with E-state index in [-0.39, 0.29) is 42.7 Å². The number of hydrogen-bond acceptors (Lipinski definition) is 11. The molecule has 3 aromatic carbocycles. The molecule has 1 aromatic heterocycles. The highest BCUT2D eigenvalue weighted by atomic mass is 35.5. The van der Waals surface area contributed by atoms with E-state index in [1.54, 1.807) is 24.3 Å². The second-order valence-electron chi connectivity index (χ2n) is 12.6. The number of alkyl halides is 3. The van der Waals surface area contributed by atoms with Gasteiger partial charge in [-0.05, 0) is 91.8 Å². The number of halogens is 5. The molecular formula is C37H36ClF4N7O6. The molecule has 1 heterocycles. The number of nitrogens with one attached hydrogen (secondary N) is 4. The van der Waals surface area contributed by atoms with E-state index < -0.39 is 53.9 Å². The van der Waals surface area contributed by atoms with Crippen molar-refractivity contribution in [1.82, 2.24) is 25.6 Å². The number of esters is 1. The first-order valence-corrected chi connectivity index (χ1v) is 17.4. The number of rotatable bonds is 18. The number of ketones is 1. The highest BCUT2D eigenvalue weighted by Gasteiger charge is 2.45. The molecule has 0 bridgehead atoms. The van der Waals surface area contributed by atoms with Gasteiger partial charge in [-0.2, -0.15) is 28.1 Å². The Morgan fingerprint density at radius 3 is 2.22 bits per heavy atom. The molecule has 1 aliphatic rings. The monoisotopic (exact) mass is 785 g/mol. The lowest BCUT2D eigenvalue weighted by Crippen LogP contribution is -2.44. The van der Waals surface area contributed by atoms with Crippen LogP contribution in [-0.2, 0) is 31.1 Å². The average Bonchev–Trinajstić information content (AvgIpc) is 3.94. The van der Waals surface area contributed by atoms with E-state index in [9.17, 15) is 36.7 Å². The van der Waals surface area contributed by atoms with Crippen LogP contribution in [0.5, 0.6) is 6.01 Å². The van der Waals surface area contributed by atoms with Gasteiger partial charge in [-0.3, -0.25) is 14.4 Å². The third-order valence-corrected chi connectivity index (χ3v) is 8.68. The topological polar surface area (TPSA) is 174 Å². The Morgan fingerprint density at radius 1 is 0.909 bits per heavy atom. The second-order valence-corrected chi connectivity index (χ2v) is 13.0. The zero-order chi connectivity index (χ0) is 39.6. The quantitative estimate of drug-likeness (QED) is 0.0544. The van der Waals surface area contributed by atoms with Gasteiger partial charge in [0.2, 0.25) is 17.7 Å². The molecule has 0 unspecified atom stereocenters. The molecule has 55 heavy (non-hydrogen) atoms. The van der Waals surface area contributed by atoms with Gasteiger partial charge >= 0.3 is 18.2 Å². The smallest absolute Gasteiger partial charge is 0.422 e. The molecule has 0 radical (unpaired) electrons. The first-order chi connectivity index (χ1) is 26.2. The third-order valence-electron chi connectivity index (χ3n) is 8.43. The van der Waals surface area contributed by atoms with E-state index >= 15 is 0 Å². The van der Waals surface area contributed by atoms with Gasteiger partial charge in [-0.25, -0.2) is 9.18 Å². The van der Waals surface area contributed by atoms with Crippen LogP contribution in [0.1, 0.15) is 53.6 Å². The van der Waals surface area contributed by atoms with E-state index in [1.807, 2.05) is 12.1 Å². The number of benzene rings is 3. The molecule has 1 saturated carbocycles. The minimum absolute atomic E-state index is 0.0330. The van der Waals surface area contributed by atoms with Crippen molar-refractivity contribution in [2.45, 2.75) is 56.3 Å². The maximum atomic E-state index is 13.1. The van der Waals surface area contributed by atoms with Gasteiger partial charge in [0.1, 0.15) is 11.9 Å². The van der Waals surface area contributed by atoms with Crippen LogP contribution in [0.4, 0.5) is 35.1 Å². The molecule has 4 aromatic rings. The molecule has 2 amide bonds. The molecule has 0 spiro atoms. The van der Waals surface area contributed by atoms with Gasteiger partial charge in [-0.15, -0.1) is 0 Å². The predicted octanol–water partition coefficient (Wildman–Crippen LogP) is 5.82. The number of aromatic nitrogens is 3. The van der Waals surface area contributed by atoms with E-state index in [0.717, 1.165) is 18.2 Å². The number of Topliss-reactive ketones (excluding diaryl/α,β-unsaturated/α-hetero) is 1. The molecular weight excluding hydrogens is 750 g/mol. The standard InChI is InChI=1S/C37H36ClF4N7O6/c1-54-32(53)28(17-20-43-31(52)29(50)4-2-3-22-5-13-26(39)14-6-22)45-30(51)23-7-15-27(16-8-23)44-33-46-34(48-35(47-33)55-21-37(40,41)42)49-36(18-19-36)24-9-11-25(38)12-10-24/h5-16,28H,2-4,17-21H2,1H3,(H,43,52)(H,45,51)(H2,44,46,47,48,49)/t28-/m0/s1. The van der Waals surface area contributed by atoms with E-state index in [1.165, 1.54) is 36.4 Å². The van der Waals surface area contributed by atoms with Crippen LogP contribution in [0.2, 0.25) is 5.02 Å². The average molecular weight is 786 g/mol. The van der Waals surface area contributed by atoms with E-state index in [0.29, 0.717) is 36.4 Å². The predicted molar refractivity (Wildman–Crippen MR) is 192 cm³/mol. The summed E-state index contributed by atoms with van der Waals surface area (Å²) in [6.45, 7) is -1.75. The van der Waals surface area contributed by atoms with Crippen molar-refractivity contribution in [3.05, 3.63) is 100 Å². The Labute approximate surface area is 317 Å². The summed E-state index contributed by atoms with van der Waals surface area (Å²) in [7, 11) is 1.13. The van der Waals surface area contributed by atoms with Crippen molar-refractivity contribution in [2.75, 3.05) is 30.9 Å². The van der Waals surface area contributed by atoms with E-state index in [4.69, 9.17) is 21.1 Å². The first-order valence-electron chi connectivity index (χ1n) is 17.0. The van der Waals surface area contributed by atoms with Crippen LogP contribution in [0.15, 0.2) is 72.8 Å². The zero-order valence-electron chi connectivity index (χ0n) is 29.3. The Kier molecular flexibility index (Phi) is 13.2.